The molecule has 0 saturated carbocycles. The Morgan fingerprint density at radius 1 is 0.439 bits per heavy atom. The highest BCUT2D eigenvalue weighted by Gasteiger charge is 2.44. The molecular formula is C58H81Br2N5O14PS2-. The largest absolute Gasteiger partial charge is 1.00 e. The van der Waals surface area contributed by atoms with Crippen LogP contribution in [0.15, 0.2) is 91.0 Å². The molecule has 5 amide bonds. The van der Waals surface area contributed by atoms with Crippen LogP contribution in [-0.2, 0) is 66.9 Å². The van der Waals surface area contributed by atoms with Gasteiger partial charge in [0.1, 0.15) is 47.8 Å². The predicted molar refractivity (Wildman–Crippen MR) is 313 cm³/mol. The fourth-order valence-corrected chi connectivity index (χ4v) is 15.2. The lowest BCUT2D eigenvalue weighted by molar-refractivity contribution is -0.148. The first-order chi connectivity index (χ1) is 38.6. The van der Waals surface area contributed by atoms with Crippen molar-refractivity contribution in [1.29, 1.82) is 0 Å². The lowest BCUT2D eigenvalue weighted by Gasteiger charge is -2.27. The fraction of sp³-hybridized carbons (Fsp3) is 0.517. The SMILES string of the molecule is CCCCCC(=O)NC(CCC(=O)NC(CSSCC(NC(=O)CCC(NC(=O)CCCC[P+](c1ccccc1)(c1ccccc1)c1ccccc1)C(=O)OCC)C(=O)CCC(=O)OCC)C(=O)NCC(=O)OCC)C(=O)OCC.[Br-].[Br-]. The van der Waals surface area contributed by atoms with Crippen LogP contribution >= 0.6 is 28.9 Å². The molecule has 4 atom stereocenters. The summed E-state index contributed by atoms with van der Waals surface area (Å²) in [4.78, 5) is 130. The van der Waals surface area contributed by atoms with Gasteiger partial charge in [0.05, 0.1) is 45.1 Å². The molecule has 4 unspecified atom stereocenters. The van der Waals surface area contributed by atoms with Crippen molar-refractivity contribution in [2.45, 2.75) is 142 Å². The third-order valence-electron chi connectivity index (χ3n) is 12.4. The van der Waals surface area contributed by atoms with Crippen molar-refractivity contribution in [2.24, 2.45) is 0 Å². The summed E-state index contributed by atoms with van der Waals surface area (Å²) < 4.78 is 20.3. The molecule has 82 heavy (non-hydrogen) atoms. The van der Waals surface area contributed by atoms with Gasteiger partial charge in [-0.05, 0) is 96.2 Å². The summed E-state index contributed by atoms with van der Waals surface area (Å²) in [5.74, 6) is -6.19. The molecule has 0 spiro atoms. The molecule has 0 aliphatic heterocycles. The zero-order valence-corrected chi connectivity index (χ0v) is 53.3. The van der Waals surface area contributed by atoms with Crippen molar-refractivity contribution in [3.05, 3.63) is 91.0 Å². The van der Waals surface area contributed by atoms with Crippen LogP contribution in [0.2, 0.25) is 0 Å². The molecule has 3 aromatic rings. The summed E-state index contributed by atoms with van der Waals surface area (Å²) >= 11 is 0. The van der Waals surface area contributed by atoms with Gasteiger partial charge >= 0.3 is 23.9 Å². The number of unbranched alkanes of at least 4 members (excludes halogenated alkanes) is 3. The van der Waals surface area contributed by atoms with Gasteiger partial charge in [-0.1, -0.05) is 96.0 Å². The normalized spacial score (nSPS) is 12.2. The molecule has 19 nitrogen and oxygen atoms in total. The minimum absolute atomic E-state index is 0. The molecule has 0 bridgehead atoms. The first kappa shape index (κ1) is 74.7. The third-order valence-corrected chi connectivity index (χ3v) is 19.3. The molecule has 0 aromatic heterocycles. The number of hydrogen-bond donors (Lipinski definition) is 5. The molecule has 24 heteroatoms. The summed E-state index contributed by atoms with van der Waals surface area (Å²) in [7, 11) is 0.0127. The number of hydrogen-bond acceptors (Lipinski definition) is 16. The Bertz CT molecular complexity index is 2340. The number of esters is 4. The predicted octanol–water partition coefficient (Wildman–Crippen LogP) is -0.662. The van der Waals surface area contributed by atoms with E-state index in [1.807, 2.05) is 61.5 Å². The van der Waals surface area contributed by atoms with Crippen molar-refractivity contribution in [1.82, 2.24) is 26.6 Å². The topological polar surface area (TPSA) is 268 Å². The number of rotatable bonds is 40. The van der Waals surface area contributed by atoms with E-state index in [-0.39, 0.29) is 129 Å². The number of benzene rings is 3. The van der Waals surface area contributed by atoms with Crippen LogP contribution in [0.3, 0.4) is 0 Å². The highest BCUT2D eigenvalue weighted by Crippen LogP contribution is 2.56. The second-order valence-corrected chi connectivity index (χ2v) is 24.5. The highest BCUT2D eigenvalue weighted by atomic mass is 79.9. The van der Waals surface area contributed by atoms with E-state index in [4.69, 9.17) is 18.9 Å². The number of ether oxygens (including phenoxy) is 4. The minimum Gasteiger partial charge on any atom is -1.00 e. The highest BCUT2D eigenvalue weighted by molar-refractivity contribution is 8.76. The second-order valence-electron chi connectivity index (χ2n) is 18.4. The number of amides is 5. The van der Waals surface area contributed by atoms with Crippen LogP contribution < -0.4 is 76.5 Å². The van der Waals surface area contributed by atoms with Crippen LogP contribution in [0.25, 0.3) is 0 Å². The first-order valence-electron chi connectivity index (χ1n) is 27.5. The number of carbonyl (C=O) groups is 10. The second kappa shape index (κ2) is 43.3. The number of ketones is 1. The van der Waals surface area contributed by atoms with Crippen molar-refractivity contribution in [2.75, 3.05) is 50.6 Å². The van der Waals surface area contributed by atoms with Crippen LogP contribution in [0.1, 0.15) is 118 Å². The number of halogens is 2. The van der Waals surface area contributed by atoms with Gasteiger partial charge in [0.2, 0.25) is 29.5 Å². The molecule has 454 valence electrons. The maximum Gasteiger partial charge on any atom is 0.328 e. The average Bonchev–Trinajstić information content (AvgIpc) is 3.45. The lowest BCUT2D eigenvalue weighted by Crippen LogP contribution is -3.00. The van der Waals surface area contributed by atoms with Gasteiger partial charge in [0.15, 0.2) is 5.78 Å². The molecule has 3 rings (SSSR count). The van der Waals surface area contributed by atoms with Gasteiger partial charge in [-0.25, -0.2) is 9.59 Å². The molecule has 0 saturated heterocycles. The fourth-order valence-electron chi connectivity index (χ4n) is 8.41. The summed E-state index contributed by atoms with van der Waals surface area (Å²) in [6, 6.07) is 26.5. The van der Waals surface area contributed by atoms with Crippen LogP contribution in [-0.4, -0.2) is 134 Å². The van der Waals surface area contributed by atoms with Gasteiger partial charge in [0, 0.05) is 43.6 Å². The van der Waals surface area contributed by atoms with Gasteiger partial charge in [-0.15, -0.1) is 0 Å². The molecule has 0 heterocycles. The van der Waals surface area contributed by atoms with E-state index in [1.54, 1.807) is 27.7 Å². The lowest BCUT2D eigenvalue weighted by atomic mass is 10.1. The van der Waals surface area contributed by atoms with Crippen molar-refractivity contribution < 1.29 is 101 Å². The van der Waals surface area contributed by atoms with E-state index < -0.39 is 91.3 Å². The minimum atomic E-state index is -2.13. The standard InChI is InChI=1S/C58H80N5O14PS2.2BrH/c1-6-11-15-30-50(65)60-46(58(73)77-10-5)33-36-53(68)63-48(56(71)59-39-55(70)75-8-3)41-80-79-40-47(49(64)34-37-54(69)74-7-2)62-52(67)35-32-45(57(72)76-9-4)61-51(66)31-22-23-38-78(42-24-16-12-17-25-42,43-26-18-13-19-27-43)44-28-20-14-21-29-44;;/h12-14,16-21,24-29,45-48H,6-11,15,22-23,30-41H2,1-5H3,(H4-,59,60,61,62,63,65,66,67,68,71);2*1H/p-1. The van der Waals surface area contributed by atoms with E-state index in [0.29, 0.717) is 19.3 Å². The van der Waals surface area contributed by atoms with Crippen molar-refractivity contribution in [3.63, 3.8) is 0 Å². The number of nitrogens with one attached hydrogen (secondary N) is 5. The summed E-state index contributed by atoms with van der Waals surface area (Å²) in [5.41, 5.74) is 0. The summed E-state index contributed by atoms with van der Waals surface area (Å²) in [5, 5.41) is 16.9. The Hall–Kier alpha value is -5.35. The van der Waals surface area contributed by atoms with Gasteiger partial charge < -0.3 is 79.5 Å². The Morgan fingerprint density at radius 3 is 1.27 bits per heavy atom. The number of Topliss-reactive ketones (excluding diaryl/α,β-unsaturated/α-hetero) is 1. The zero-order valence-electron chi connectivity index (χ0n) is 47.6. The van der Waals surface area contributed by atoms with Crippen LogP contribution in [0, 0.1) is 0 Å². The summed E-state index contributed by atoms with van der Waals surface area (Å²) in [6.07, 6.45) is 3.25. The average molecular weight is 1330 g/mol. The Balaban J connectivity index is 0.0000168. The quantitative estimate of drug-likeness (QED) is 0.0156. The number of carbonyl (C=O) groups excluding carboxylic acids is 10. The van der Waals surface area contributed by atoms with Crippen molar-refractivity contribution >= 4 is 104 Å². The molecular weight excluding hydrogens is 1250 g/mol. The third kappa shape index (κ3) is 27.8. The van der Waals surface area contributed by atoms with Crippen LogP contribution in [0.4, 0.5) is 0 Å². The first-order valence-corrected chi connectivity index (χ1v) is 32.0. The molecule has 5 N–H and O–H groups in total. The van der Waals surface area contributed by atoms with Crippen LogP contribution in [0.5, 0.6) is 0 Å². The molecule has 0 aliphatic carbocycles. The van der Waals surface area contributed by atoms with Gasteiger partial charge in [-0.2, -0.15) is 0 Å². The Morgan fingerprint density at radius 2 is 0.829 bits per heavy atom. The van der Waals surface area contributed by atoms with E-state index >= 15 is 0 Å². The van der Waals surface area contributed by atoms with Gasteiger partial charge in [0.25, 0.3) is 0 Å². The molecule has 3 aromatic carbocycles. The summed E-state index contributed by atoms with van der Waals surface area (Å²) in [6.45, 7) is 8.22. The van der Waals surface area contributed by atoms with E-state index in [2.05, 4.69) is 63.0 Å². The molecule has 0 radical (unpaired) electrons. The Labute approximate surface area is 512 Å². The molecule has 0 fully saturated rings. The smallest absolute Gasteiger partial charge is 0.328 e. The zero-order chi connectivity index (χ0) is 58.5. The van der Waals surface area contributed by atoms with E-state index in [1.165, 1.54) is 15.9 Å². The maximum absolute atomic E-state index is 13.6. The van der Waals surface area contributed by atoms with Crippen molar-refractivity contribution in [3.8, 4) is 0 Å². The maximum atomic E-state index is 13.6. The monoisotopic (exact) mass is 1320 g/mol. The van der Waals surface area contributed by atoms with E-state index in [0.717, 1.165) is 40.6 Å². The molecule has 0 aliphatic rings. The van der Waals surface area contributed by atoms with E-state index in [9.17, 15) is 47.9 Å². The Kier molecular flexibility index (Phi) is 39.4. The van der Waals surface area contributed by atoms with Gasteiger partial charge in [-0.3, -0.25) is 38.4 Å².